The van der Waals surface area contributed by atoms with Gasteiger partial charge in [-0.1, -0.05) is 19.9 Å². The summed E-state index contributed by atoms with van der Waals surface area (Å²) >= 11 is 0. The van der Waals surface area contributed by atoms with Crippen LogP contribution in [0.25, 0.3) is 0 Å². The van der Waals surface area contributed by atoms with Crippen LogP contribution in [0.2, 0.25) is 0 Å². The van der Waals surface area contributed by atoms with Gasteiger partial charge < -0.3 is 10.1 Å². The Balaban J connectivity index is 2.22. The molecule has 0 radical (unpaired) electrons. The van der Waals surface area contributed by atoms with E-state index in [1.165, 1.54) is 16.7 Å². The topological polar surface area (TPSA) is 24.5 Å². The quantitative estimate of drug-likeness (QED) is 0.809. The van der Waals surface area contributed by atoms with Gasteiger partial charge in [0.05, 0.1) is 7.11 Å². The third-order valence-corrected chi connectivity index (χ3v) is 4.26. The standard InChI is InChI=1S/C17H28N2O/c1-5-7-18-11-15-9-14-8-13(3)19(6-2)12-16(14)10-17(15)20-4/h9-10,13,18H,5-8,11-12H2,1-4H3. The Morgan fingerprint density at radius 2 is 2.10 bits per heavy atom. The summed E-state index contributed by atoms with van der Waals surface area (Å²) in [5.74, 6) is 1.03. The van der Waals surface area contributed by atoms with Gasteiger partial charge in [-0.3, -0.25) is 4.90 Å². The molecule has 1 unspecified atom stereocenters. The molecule has 0 aromatic heterocycles. The van der Waals surface area contributed by atoms with Gasteiger partial charge in [-0.05, 0) is 50.0 Å². The molecule has 1 atom stereocenters. The molecular formula is C17H28N2O. The van der Waals surface area contributed by atoms with E-state index >= 15 is 0 Å². The molecule has 1 aliphatic rings. The summed E-state index contributed by atoms with van der Waals surface area (Å²) in [4.78, 5) is 2.52. The number of likely N-dealkylation sites (N-methyl/N-ethyl adjacent to an activating group) is 1. The Morgan fingerprint density at radius 1 is 1.30 bits per heavy atom. The normalized spacial score (nSPS) is 18.9. The van der Waals surface area contributed by atoms with E-state index in [0.29, 0.717) is 6.04 Å². The maximum Gasteiger partial charge on any atom is 0.123 e. The van der Waals surface area contributed by atoms with Crippen LogP contribution in [0, 0.1) is 0 Å². The Morgan fingerprint density at radius 3 is 2.75 bits per heavy atom. The molecule has 0 spiro atoms. The van der Waals surface area contributed by atoms with Crippen LogP contribution in [0.5, 0.6) is 5.75 Å². The van der Waals surface area contributed by atoms with E-state index in [0.717, 1.165) is 44.8 Å². The van der Waals surface area contributed by atoms with E-state index in [2.05, 4.69) is 43.1 Å². The van der Waals surface area contributed by atoms with E-state index < -0.39 is 0 Å². The molecule has 0 amide bonds. The summed E-state index contributed by atoms with van der Waals surface area (Å²) < 4.78 is 5.58. The SMILES string of the molecule is CCCNCc1cc2c(cc1OC)CN(CC)C(C)C2. The number of methoxy groups -OCH3 is 1. The maximum absolute atomic E-state index is 5.58. The van der Waals surface area contributed by atoms with Crippen molar-refractivity contribution in [1.82, 2.24) is 10.2 Å². The van der Waals surface area contributed by atoms with Gasteiger partial charge in [-0.2, -0.15) is 0 Å². The van der Waals surface area contributed by atoms with Crippen LogP contribution in [-0.2, 0) is 19.5 Å². The van der Waals surface area contributed by atoms with Crippen molar-refractivity contribution in [2.75, 3.05) is 20.2 Å². The summed E-state index contributed by atoms with van der Waals surface area (Å²) in [6.07, 6.45) is 2.31. The fraction of sp³-hybridized carbons (Fsp3) is 0.647. The van der Waals surface area contributed by atoms with Crippen molar-refractivity contribution in [3.63, 3.8) is 0 Å². The molecule has 20 heavy (non-hydrogen) atoms. The first-order chi connectivity index (χ1) is 9.69. The fourth-order valence-corrected chi connectivity index (χ4v) is 3.03. The second-order valence-electron chi connectivity index (χ2n) is 5.73. The summed E-state index contributed by atoms with van der Waals surface area (Å²) in [6, 6.07) is 5.23. The first-order valence-electron chi connectivity index (χ1n) is 7.83. The number of hydrogen-bond donors (Lipinski definition) is 1. The van der Waals surface area contributed by atoms with Gasteiger partial charge in [0.1, 0.15) is 5.75 Å². The zero-order chi connectivity index (χ0) is 14.5. The number of benzene rings is 1. The van der Waals surface area contributed by atoms with E-state index in [1.807, 2.05) is 0 Å². The minimum atomic E-state index is 0.636. The summed E-state index contributed by atoms with van der Waals surface area (Å²) in [6.45, 7) is 10.9. The van der Waals surface area contributed by atoms with Crippen molar-refractivity contribution in [2.24, 2.45) is 0 Å². The van der Waals surface area contributed by atoms with Gasteiger partial charge in [0, 0.05) is 24.7 Å². The third kappa shape index (κ3) is 3.33. The second-order valence-corrected chi connectivity index (χ2v) is 5.73. The van der Waals surface area contributed by atoms with E-state index in [1.54, 1.807) is 7.11 Å². The summed E-state index contributed by atoms with van der Waals surface area (Å²) in [7, 11) is 1.77. The molecule has 1 aromatic carbocycles. The second kappa shape index (κ2) is 7.09. The molecule has 1 heterocycles. The third-order valence-electron chi connectivity index (χ3n) is 4.26. The molecule has 0 saturated carbocycles. The molecular weight excluding hydrogens is 248 g/mol. The summed E-state index contributed by atoms with van der Waals surface area (Å²) in [5.41, 5.74) is 4.22. The monoisotopic (exact) mass is 276 g/mol. The van der Waals surface area contributed by atoms with Crippen LogP contribution in [0.4, 0.5) is 0 Å². The van der Waals surface area contributed by atoms with E-state index in [4.69, 9.17) is 4.74 Å². The molecule has 1 aliphatic heterocycles. The lowest BCUT2D eigenvalue weighted by Crippen LogP contribution is -2.38. The van der Waals surface area contributed by atoms with Crippen LogP contribution in [0.15, 0.2) is 12.1 Å². The van der Waals surface area contributed by atoms with Crippen LogP contribution in [0.1, 0.15) is 43.9 Å². The number of fused-ring (bicyclic) bond motifs is 1. The lowest BCUT2D eigenvalue weighted by molar-refractivity contribution is 0.194. The minimum absolute atomic E-state index is 0.636. The highest BCUT2D eigenvalue weighted by atomic mass is 16.5. The largest absolute Gasteiger partial charge is 0.496 e. The van der Waals surface area contributed by atoms with Crippen LogP contribution < -0.4 is 10.1 Å². The Labute approximate surface area is 123 Å². The number of nitrogens with one attached hydrogen (secondary N) is 1. The first kappa shape index (κ1) is 15.3. The highest BCUT2D eigenvalue weighted by molar-refractivity contribution is 5.44. The fourth-order valence-electron chi connectivity index (χ4n) is 3.03. The van der Waals surface area contributed by atoms with Crippen molar-refractivity contribution in [3.05, 3.63) is 28.8 Å². The molecule has 1 aromatic rings. The number of rotatable bonds is 6. The van der Waals surface area contributed by atoms with Crippen LogP contribution >= 0.6 is 0 Å². The molecule has 0 aliphatic carbocycles. The Hall–Kier alpha value is -1.06. The Kier molecular flexibility index (Phi) is 5.44. The zero-order valence-corrected chi connectivity index (χ0v) is 13.3. The lowest BCUT2D eigenvalue weighted by Gasteiger charge is -2.34. The minimum Gasteiger partial charge on any atom is -0.496 e. The highest BCUT2D eigenvalue weighted by Gasteiger charge is 2.23. The molecule has 112 valence electrons. The first-order valence-corrected chi connectivity index (χ1v) is 7.83. The molecule has 0 bridgehead atoms. The number of ether oxygens (including phenoxy) is 1. The van der Waals surface area contributed by atoms with Crippen molar-refractivity contribution in [3.8, 4) is 5.75 Å². The van der Waals surface area contributed by atoms with Crippen LogP contribution in [-0.4, -0.2) is 31.1 Å². The van der Waals surface area contributed by atoms with Gasteiger partial charge in [0.2, 0.25) is 0 Å². The van der Waals surface area contributed by atoms with E-state index in [9.17, 15) is 0 Å². The Bertz CT molecular complexity index is 445. The van der Waals surface area contributed by atoms with Gasteiger partial charge in [0.25, 0.3) is 0 Å². The average Bonchev–Trinajstić information content (AvgIpc) is 2.46. The molecule has 1 N–H and O–H groups in total. The summed E-state index contributed by atoms with van der Waals surface area (Å²) in [5, 5.41) is 3.47. The molecule has 3 heteroatoms. The van der Waals surface area contributed by atoms with Crippen molar-refractivity contribution in [2.45, 2.75) is 52.7 Å². The van der Waals surface area contributed by atoms with Crippen LogP contribution in [0.3, 0.4) is 0 Å². The van der Waals surface area contributed by atoms with E-state index in [-0.39, 0.29) is 0 Å². The maximum atomic E-state index is 5.58. The predicted molar refractivity (Wildman–Crippen MR) is 84.2 cm³/mol. The van der Waals surface area contributed by atoms with Gasteiger partial charge in [-0.15, -0.1) is 0 Å². The molecule has 0 saturated heterocycles. The lowest BCUT2D eigenvalue weighted by atomic mass is 9.92. The van der Waals surface area contributed by atoms with Gasteiger partial charge >= 0.3 is 0 Å². The molecule has 3 nitrogen and oxygen atoms in total. The average molecular weight is 276 g/mol. The van der Waals surface area contributed by atoms with Gasteiger partial charge in [0.15, 0.2) is 0 Å². The van der Waals surface area contributed by atoms with Gasteiger partial charge in [-0.25, -0.2) is 0 Å². The number of hydrogen-bond acceptors (Lipinski definition) is 3. The predicted octanol–water partition coefficient (Wildman–Crippen LogP) is 2.96. The smallest absolute Gasteiger partial charge is 0.123 e. The number of nitrogens with zero attached hydrogens (tertiary/aromatic N) is 1. The van der Waals surface area contributed by atoms with Crippen molar-refractivity contribution >= 4 is 0 Å². The van der Waals surface area contributed by atoms with Crippen molar-refractivity contribution < 1.29 is 4.74 Å². The zero-order valence-electron chi connectivity index (χ0n) is 13.3. The van der Waals surface area contributed by atoms with Crippen molar-refractivity contribution in [1.29, 1.82) is 0 Å². The highest BCUT2D eigenvalue weighted by Crippen LogP contribution is 2.30. The molecule has 2 rings (SSSR count). The molecule has 0 fully saturated rings.